The molecule has 18 heavy (non-hydrogen) atoms. The molecule has 0 aliphatic carbocycles. The zero-order chi connectivity index (χ0) is 13.2. The van der Waals surface area contributed by atoms with Crippen LogP contribution >= 0.6 is 0 Å². The molecule has 1 heterocycles. The quantitative estimate of drug-likeness (QED) is 0.762. The van der Waals surface area contributed by atoms with Crippen LogP contribution in [0.2, 0.25) is 0 Å². The Kier molecular flexibility index (Phi) is 3.65. The number of nitrogens with two attached hydrogens (primary N) is 1. The third-order valence-electron chi connectivity index (χ3n) is 2.86. The van der Waals surface area contributed by atoms with Crippen molar-refractivity contribution in [2.75, 3.05) is 13.1 Å². The number of carbonyl (C=O) groups is 1. The summed E-state index contributed by atoms with van der Waals surface area (Å²) in [5, 5.41) is 0. The van der Waals surface area contributed by atoms with Crippen LogP contribution in [0.5, 0.6) is 0 Å². The van der Waals surface area contributed by atoms with Gasteiger partial charge in [-0.15, -0.1) is 0 Å². The standard InChI is InChI=1S/C11H15N3O3S/c12-11(15)7-13-18(16,17)14-6-5-9-3-1-2-4-10(9)8-14/h1-4,13H,5-8H2,(H2,12,15). The second-order valence-electron chi connectivity index (χ2n) is 4.14. The van der Waals surface area contributed by atoms with Gasteiger partial charge in [0.2, 0.25) is 5.91 Å². The summed E-state index contributed by atoms with van der Waals surface area (Å²) in [6.07, 6.45) is 0.674. The number of fused-ring (bicyclic) bond motifs is 1. The van der Waals surface area contributed by atoms with Crippen molar-refractivity contribution >= 4 is 16.1 Å². The highest BCUT2D eigenvalue weighted by Gasteiger charge is 2.26. The molecular weight excluding hydrogens is 254 g/mol. The molecule has 0 atom stereocenters. The van der Waals surface area contributed by atoms with Gasteiger partial charge in [0.1, 0.15) is 0 Å². The first-order valence-electron chi connectivity index (χ1n) is 5.59. The normalized spacial score (nSPS) is 16.2. The maximum Gasteiger partial charge on any atom is 0.280 e. The molecule has 0 spiro atoms. The van der Waals surface area contributed by atoms with Gasteiger partial charge in [-0.2, -0.15) is 17.4 Å². The van der Waals surface area contributed by atoms with Crippen molar-refractivity contribution in [3.8, 4) is 0 Å². The molecule has 1 aliphatic rings. The minimum atomic E-state index is -3.64. The summed E-state index contributed by atoms with van der Waals surface area (Å²) in [4.78, 5) is 10.6. The first-order chi connectivity index (χ1) is 8.49. The van der Waals surface area contributed by atoms with Gasteiger partial charge in [-0.1, -0.05) is 24.3 Å². The van der Waals surface area contributed by atoms with Crippen LogP contribution in [-0.2, 0) is 28.0 Å². The number of primary amides is 1. The Bertz CT molecular complexity index is 556. The molecular formula is C11H15N3O3S. The van der Waals surface area contributed by atoms with Crippen molar-refractivity contribution in [1.29, 1.82) is 0 Å². The molecule has 1 aromatic carbocycles. The molecule has 6 nitrogen and oxygen atoms in total. The predicted molar refractivity (Wildman–Crippen MR) is 66.7 cm³/mol. The van der Waals surface area contributed by atoms with Crippen LogP contribution in [0, 0.1) is 0 Å². The fourth-order valence-electron chi connectivity index (χ4n) is 1.93. The van der Waals surface area contributed by atoms with Crippen molar-refractivity contribution in [1.82, 2.24) is 9.03 Å². The van der Waals surface area contributed by atoms with E-state index >= 15 is 0 Å². The molecule has 0 saturated carbocycles. The molecule has 1 aromatic rings. The fourth-order valence-corrected chi connectivity index (χ4v) is 3.08. The van der Waals surface area contributed by atoms with E-state index < -0.39 is 16.1 Å². The largest absolute Gasteiger partial charge is 0.369 e. The SMILES string of the molecule is NC(=O)CNS(=O)(=O)N1CCc2ccccc2C1. The van der Waals surface area contributed by atoms with Crippen LogP contribution in [0.3, 0.4) is 0 Å². The van der Waals surface area contributed by atoms with Crippen LogP contribution in [0.1, 0.15) is 11.1 Å². The molecule has 0 radical (unpaired) electrons. The Hall–Kier alpha value is -1.44. The third kappa shape index (κ3) is 2.87. The molecule has 2 rings (SSSR count). The Morgan fingerprint density at radius 2 is 2.00 bits per heavy atom. The van der Waals surface area contributed by atoms with E-state index in [9.17, 15) is 13.2 Å². The molecule has 0 bridgehead atoms. The lowest BCUT2D eigenvalue weighted by molar-refractivity contribution is -0.116. The average molecular weight is 269 g/mol. The first-order valence-corrected chi connectivity index (χ1v) is 7.03. The van der Waals surface area contributed by atoms with Crippen LogP contribution in [0.15, 0.2) is 24.3 Å². The summed E-state index contributed by atoms with van der Waals surface area (Å²) < 4.78 is 27.3. The topological polar surface area (TPSA) is 92.5 Å². The lowest BCUT2D eigenvalue weighted by Gasteiger charge is -2.27. The molecule has 1 amide bonds. The van der Waals surface area contributed by atoms with Crippen molar-refractivity contribution < 1.29 is 13.2 Å². The fraction of sp³-hybridized carbons (Fsp3) is 0.364. The van der Waals surface area contributed by atoms with Crippen molar-refractivity contribution in [3.05, 3.63) is 35.4 Å². The molecule has 1 aliphatic heterocycles. The van der Waals surface area contributed by atoms with E-state index in [1.165, 1.54) is 9.87 Å². The van der Waals surface area contributed by atoms with Gasteiger partial charge in [0.25, 0.3) is 10.2 Å². The van der Waals surface area contributed by atoms with Crippen LogP contribution < -0.4 is 10.5 Å². The number of nitrogens with zero attached hydrogens (tertiary/aromatic N) is 1. The van der Waals surface area contributed by atoms with Gasteiger partial charge in [-0.3, -0.25) is 4.79 Å². The van der Waals surface area contributed by atoms with E-state index in [0.29, 0.717) is 19.5 Å². The highest BCUT2D eigenvalue weighted by Crippen LogP contribution is 2.19. The Balaban J connectivity index is 2.11. The van der Waals surface area contributed by atoms with Gasteiger partial charge in [-0.05, 0) is 17.5 Å². The number of hydrogen-bond donors (Lipinski definition) is 2. The first kappa shape index (κ1) is 13.0. The molecule has 0 fully saturated rings. The van der Waals surface area contributed by atoms with Gasteiger partial charge in [0, 0.05) is 13.1 Å². The van der Waals surface area contributed by atoms with E-state index in [1.54, 1.807) is 0 Å². The maximum atomic E-state index is 11.9. The Labute approximate surface area is 106 Å². The average Bonchev–Trinajstić information content (AvgIpc) is 2.36. The zero-order valence-corrected chi connectivity index (χ0v) is 10.6. The number of carbonyl (C=O) groups excluding carboxylic acids is 1. The number of hydrogen-bond acceptors (Lipinski definition) is 3. The highest BCUT2D eigenvalue weighted by atomic mass is 32.2. The van der Waals surface area contributed by atoms with E-state index in [0.717, 1.165) is 5.56 Å². The van der Waals surface area contributed by atoms with Gasteiger partial charge in [0.15, 0.2) is 0 Å². The van der Waals surface area contributed by atoms with Crippen LogP contribution in [-0.4, -0.2) is 31.7 Å². The van der Waals surface area contributed by atoms with E-state index in [1.807, 2.05) is 24.3 Å². The van der Waals surface area contributed by atoms with Gasteiger partial charge in [0.05, 0.1) is 6.54 Å². The zero-order valence-electron chi connectivity index (χ0n) is 9.80. The van der Waals surface area contributed by atoms with E-state index in [4.69, 9.17) is 5.73 Å². The second-order valence-corrected chi connectivity index (χ2v) is 5.90. The minimum Gasteiger partial charge on any atom is -0.369 e. The Morgan fingerprint density at radius 3 is 2.67 bits per heavy atom. The Morgan fingerprint density at radius 1 is 1.33 bits per heavy atom. The third-order valence-corrected chi connectivity index (χ3v) is 4.36. The van der Waals surface area contributed by atoms with Crippen LogP contribution in [0.25, 0.3) is 0 Å². The minimum absolute atomic E-state index is 0.324. The summed E-state index contributed by atoms with van der Waals surface area (Å²) in [5.74, 6) is -0.698. The monoisotopic (exact) mass is 269 g/mol. The highest BCUT2D eigenvalue weighted by molar-refractivity contribution is 7.87. The smallest absolute Gasteiger partial charge is 0.280 e. The molecule has 0 saturated heterocycles. The summed E-state index contributed by atoms with van der Waals surface area (Å²) >= 11 is 0. The number of rotatable bonds is 4. The lowest BCUT2D eigenvalue weighted by atomic mass is 10.0. The number of amides is 1. The van der Waals surface area contributed by atoms with Crippen molar-refractivity contribution in [2.24, 2.45) is 5.73 Å². The molecule has 7 heteroatoms. The number of benzene rings is 1. The van der Waals surface area contributed by atoms with E-state index in [-0.39, 0.29) is 6.54 Å². The van der Waals surface area contributed by atoms with E-state index in [2.05, 4.69) is 4.72 Å². The molecule has 0 aromatic heterocycles. The van der Waals surface area contributed by atoms with Gasteiger partial charge < -0.3 is 5.73 Å². The number of nitrogens with one attached hydrogen (secondary N) is 1. The maximum absolute atomic E-state index is 11.9. The summed E-state index contributed by atoms with van der Waals surface area (Å²) in [5.41, 5.74) is 7.08. The summed E-state index contributed by atoms with van der Waals surface area (Å²) in [6, 6.07) is 7.72. The second kappa shape index (κ2) is 5.05. The predicted octanol–water partition coefficient (Wildman–Crippen LogP) is -0.636. The molecule has 98 valence electrons. The van der Waals surface area contributed by atoms with Crippen molar-refractivity contribution in [2.45, 2.75) is 13.0 Å². The summed E-state index contributed by atoms with van der Waals surface area (Å²) in [7, 11) is -3.64. The molecule has 0 unspecified atom stereocenters. The van der Waals surface area contributed by atoms with Crippen LogP contribution in [0.4, 0.5) is 0 Å². The van der Waals surface area contributed by atoms with Gasteiger partial charge in [-0.25, -0.2) is 0 Å². The molecule has 3 N–H and O–H groups in total. The lowest BCUT2D eigenvalue weighted by Crippen LogP contribution is -2.45. The van der Waals surface area contributed by atoms with Gasteiger partial charge >= 0.3 is 0 Å². The van der Waals surface area contributed by atoms with Crippen molar-refractivity contribution in [3.63, 3.8) is 0 Å². The summed E-state index contributed by atoms with van der Waals surface area (Å²) in [6.45, 7) is 0.357.